The zero-order chi connectivity index (χ0) is 22.8. The van der Waals surface area contributed by atoms with Crippen molar-refractivity contribution < 1.29 is 13.9 Å². The number of piperazine rings is 1. The number of halogens is 1. The topological polar surface area (TPSA) is 71.7 Å². The van der Waals surface area contributed by atoms with Crippen molar-refractivity contribution >= 4 is 11.6 Å². The Morgan fingerprint density at radius 2 is 1.66 bits per heavy atom. The average Bonchev–Trinajstić information content (AvgIpc) is 2.79. The Balaban J connectivity index is 1.68. The SMILES string of the molecule is COc1cc(-c2cncc(-c3ccc(N4CCN(C)CC4)cc3)c2C)cc(F)c1C(N)=O. The van der Waals surface area contributed by atoms with Gasteiger partial charge in [-0.15, -0.1) is 0 Å². The standard InChI is InChI=1S/C25H27FN4O2/c1-16-20(17-4-6-19(7-5-17)30-10-8-29(2)9-11-30)14-28-15-21(16)18-12-22(26)24(25(27)31)23(13-18)32-3/h4-7,12-15H,8-11H2,1-3H3,(H2,27,31). The van der Waals surface area contributed by atoms with Gasteiger partial charge in [-0.3, -0.25) is 9.78 Å². The van der Waals surface area contributed by atoms with Gasteiger partial charge in [0.2, 0.25) is 0 Å². The van der Waals surface area contributed by atoms with Gasteiger partial charge in [0, 0.05) is 55.4 Å². The van der Waals surface area contributed by atoms with Gasteiger partial charge in [0.05, 0.1) is 7.11 Å². The highest BCUT2D eigenvalue weighted by Gasteiger charge is 2.19. The normalized spacial score (nSPS) is 14.4. The van der Waals surface area contributed by atoms with Gasteiger partial charge in [-0.05, 0) is 54.9 Å². The van der Waals surface area contributed by atoms with Gasteiger partial charge >= 0.3 is 0 Å². The van der Waals surface area contributed by atoms with Gasteiger partial charge in [-0.1, -0.05) is 12.1 Å². The summed E-state index contributed by atoms with van der Waals surface area (Å²) in [5, 5.41) is 0. The Labute approximate surface area is 187 Å². The van der Waals surface area contributed by atoms with E-state index in [4.69, 9.17) is 10.5 Å². The molecule has 2 N–H and O–H groups in total. The predicted octanol–water partition coefficient (Wildman–Crippen LogP) is 3.72. The van der Waals surface area contributed by atoms with Crippen molar-refractivity contribution in [3.05, 3.63) is 65.7 Å². The van der Waals surface area contributed by atoms with Gasteiger partial charge in [0.1, 0.15) is 17.1 Å². The number of aromatic nitrogens is 1. The highest BCUT2D eigenvalue weighted by atomic mass is 19.1. The molecule has 32 heavy (non-hydrogen) atoms. The lowest BCUT2D eigenvalue weighted by molar-refractivity contribution is 0.0993. The van der Waals surface area contributed by atoms with Crippen LogP contribution < -0.4 is 15.4 Å². The minimum absolute atomic E-state index is 0.105. The van der Waals surface area contributed by atoms with E-state index in [9.17, 15) is 9.18 Å². The number of rotatable bonds is 5. The monoisotopic (exact) mass is 434 g/mol. The van der Waals surface area contributed by atoms with Crippen LogP contribution in [0.1, 0.15) is 15.9 Å². The molecule has 0 spiro atoms. The Kier molecular flexibility index (Phi) is 6.10. The van der Waals surface area contributed by atoms with Crippen LogP contribution in [-0.4, -0.2) is 56.1 Å². The minimum Gasteiger partial charge on any atom is -0.496 e. The Morgan fingerprint density at radius 1 is 1.03 bits per heavy atom. The summed E-state index contributed by atoms with van der Waals surface area (Å²) in [6, 6.07) is 11.4. The molecule has 4 rings (SSSR count). The highest BCUT2D eigenvalue weighted by Crippen LogP contribution is 2.35. The quantitative estimate of drug-likeness (QED) is 0.663. The van der Waals surface area contributed by atoms with Crippen LogP contribution in [0.15, 0.2) is 48.8 Å². The van der Waals surface area contributed by atoms with Crippen LogP contribution in [0.3, 0.4) is 0 Å². The van der Waals surface area contributed by atoms with E-state index < -0.39 is 11.7 Å². The lowest BCUT2D eigenvalue weighted by Gasteiger charge is -2.34. The van der Waals surface area contributed by atoms with E-state index >= 15 is 0 Å². The Hall–Kier alpha value is -3.45. The summed E-state index contributed by atoms with van der Waals surface area (Å²) in [4.78, 5) is 20.7. The summed E-state index contributed by atoms with van der Waals surface area (Å²) in [6.45, 7) is 6.12. The molecular weight excluding hydrogens is 407 g/mol. The van der Waals surface area contributed by atoms with Gasteiger partial charge in [0.15, 0.2) is 0 Å². The smallest absolute Gasteiger partial charge is 0.255 e. The Morgan fingerprint density at radius 3 is 2.25 bits per heavy atom. The maximum absolute atomic E-state index is 14.6. The van der Waals surface area contributed by atoms with E-state index in [0.29, 0.717) is 5.56 Å². The van der Waals surface area contributed by atoms with Crippen LogP contribution in [0, 0.1) is 12.7 Å². The molecular formula is C25H27FN4O2. The maximum Gasteiger partial charge on any atom is 0.255 e. The third kappa shape index (κ3) is 4.16. The number of methoxy groups -OCH3 is 1. The summed E-state index contributed by atoms with van der Waals surface area (Å²) in [7, 11) is 3.53. The van der Waals surface area contributed by atoms with Crippen molar-refractivity contribution in [2.75, 3.05) is 45.2 Å². The zero-order valence-corrected chi connectivity index (χ0v) is 18.6. The third-order valence-corrected chi connectivity index (χ3v) is 6.09. The molecule has 0 bridgehead atoms. The number of carbonyl (C=O) groups is 1. The summed E-state index contributed by atoms with van der Waals surface area (Å²) < 4.78 is 19.8. The molecule has 0 saturated carbocycles. The molecule has 1 aliphatic rings. The van der Waals surface area contributed by atoms with Gasteiger partial charge in [0.25, 0.3) is 5.91 Å². The van der Waals surface area contributed by atoms with Crippen molar-refractivity contribution in [3.8, 4) is 28.0 Å². The molecule has 2 heterocycles. The first-order valence-corrected chi connectivity index (χ1v) is 10.5. The van der Waals surface area contributed by atoms with Crippen LogP contribution in [0.4, 0.5) is 10.1 Å². The summed E-state index contributed by atoms with van der Waals surface area (Å²) in [5.74, 6) is -1.48. The van der Waals surface area contributed by atoms with E-state index in [1.807, 2.05) is 13.1 Å². The zero-order valence-electron chi connectivity index (χ0n) is 18.6. The first kappa shape index (κ1) is 21.8. The molecule has 0 radical (unpaired) electrons. The first-order valence-electron chi connectivity index (χ1n) is 10.5. The second-order valence-corrected chi connectivity index (χ2v) is 8.10. The second kappa shape index (κ2) is 8.96. The number of likely N-dealkylation sites (N-methyl/N-ethyl adjacent to an activating group) is 1. The number of nitrogens with zero attached hydrogens (tertiary/aromatic N) is 3. The number of benzene rings is 2. The fraction of sp³-hybridized carbons (Fsp3) is 0.280. The third-order valence-electron chi connectivity index (χ3n) is 6.09. The largest absolute Gasteiger partial charge is 0.496 e. The molecule has 1 aliphatic heterocycles. The number of nitrogens with two attached hydrogens (primary N) is 1. The van der Waals surface area contributed by atoms with Crippen molar-refractivity contribution in [3.63, 3.8) is 0 Å². The molecule has 1 fully saturated rings. The number of ether oxygens (including phenoxy) is 1. The van der Waals surface area contributed by atoms with E-state index in [1.165, 1.54) is 18.9 Å². The number of hydrogen-bond acceptors (Lipinski definition) is 5. The van der Waals surface area contributed by atoms with Crippen molar-refractivity contribution in [2.24, 2.45) is 5.73 Å². The highest BCUT2D eigenvalue weighted by molar-refractivity contribution is 5.97. The number of hydrogen-bond donors (Lipinski definition) is 1. The van der Waals surface area contributed by atoms with Crippen LogP contribution in [0.5, 0.6) is 5.75 Å². The molecule has 1 amide bonds. The molecule has 1 saturated heterocycles. The van der Waals surface area contributed by atoms with E-state index in [2.05, 4.69) is 46.1 Å². The van der Waals surface area contributed by atoms with Gasteiger partial charge in [-0.2, -0.15) is 0 Å². The first-order chi connectivity index (χ1) is 15.4. The minimum atomic E-state index is -0.866. The van der Waals surface area contributed by atoms with Crippen molar-refractivity contribution in [2.45, 2.75) is 6.92 Å². The molecule has 6 nitrogen and oxygen atoms in total. The molecule has 0 atom stereocenters. The fourth-order valence-corrected chi connectivity index (χ4v) is 4.16. The van der Waals surface area contributed by atoms with Gasteiger partial charge in [-0.25, -0.2) is 4.39 Å². The Bertz CT molecular complexity index is 1140. The second-order valence-electron chi connectivity index (χ2n) is 8.10. The van der Waals surface area contributed by atoms with E-state index in [1.54, 1.807) is 12.3 Å². The number of pyridine rings is 1. The van der Waals surface area contributed by atoms with Gasteiger partial charge < -0.3 is 20.3 Å². The van der Waals surface area contributed by atoms with Crippen molar-refractivity contribution in [1.29, 1.82) is 0 Å². The molecule has 3 aromatic rings. The van der Waals surface area contributed by atoms with E-state index in [-0.39, 0.29) is 11.3 Å². The van der Waals surface area contributed by atoms with Crippen LogP contribution in [0.25, 0.3) is 22.3 Å². The van der Waals surface area contributed by atoms with Crippen LogP contribution in [0.2, 0.25) is 0 Å². The van der Waals surface area contributed by atoms with Crippen molar-refractivity contribution in [1.82, 2.24) is 9.88 Å². The molecule has 0 aliphatic carbocycles. The summed E-state index contributed by atoms with van der Waals surface area (Å²) in [6.07, 6.45) is 3.50. The lowest BCUT2D eigenvalue weighted by Crippen LogP contribution is -2.44. The van der Waals surface area contributed by atoms with E-state index in [0.717, 1.165) is 48.4 Å². The molecule has 2 aromatic carbocycles. The van der Waals surface area contributed by atoms with Crippen LogP contribution in [-0.2, 0) is 0 Å². The molecule has 7 heteroatoms. The van der Waals surface area contributed by atoms with Crippen LogP contribution >= 0.6 is 0 Å². The number of primary amides is 1. The molecule has 1 aromatic heterocycles. The fourth-order valence-electron chi connectivity index (χ4n) is 4.16. The summed E-state index contributed by atoms with van der Waals surface area (Å²) in [5.41, 5.74) is 10.6. The predicted molar refractivity (Wildman–Crippen MR) is 125 cm³/mol. The summed E-state index contributed by atoms with van der Waals surface area (Å²) >= 11 is 0. The number of amides is 1. The molecule has 166 valence electrons. The maximum atomic E-state index is 14.6. The molecule has 0 unspecified atom stereocenters. The number of anilines is 1. The number of carbonyl (C=O) groups excluding carboxylic acids is 1. The average molecular weight is 435 g/mol. The lowest BCUT2D eigenvalue weighted by atomic mass is 9.94.